The minimum absolute atomic E-state index is 0.0240. The molecule has 0 aliphatic heterocycles. The van der Waals surface area contributed by atoms with E-state index in [2.05, 4.69) is 15.3 Å². The first-order chi connectivity index (χ1) is 16.7. The number of pyridine rings is 1. The van der Waals surface area contributed by atoms with E-state index >= 15 is 0 Å². The molecule has 0 saturated heterocycles. The van der Waals surface area contributed by atoms with Crippen LogP contribution in [0.3, 0.4) is 0 Å². The highest BCUT2D eigenvalue weighted by Crippen LogP contribution is 2.37. The van der Waals surface area contributed by atoms with Gasteiger partial charge in [0, 0.05) is 43.1 Å². The van der Waals surface area contributed by atoms with Gasteiger partial charge in [-0.1, -0.05) is 0 Å². The number of hydrogen-bond donors (Lipinski definition) is 1. The van der Waals surface area contributed by atoms with Gasteiger partial charge in [0.2, 0.25) is 5.95 Å². The van der Waals surface area contributed by atoms with Crippen LogP contribution in [0, 0.1) is 0 Å². The molecule has 2 heterocycles. The van der Waals surface area contributed by atoms with Crippen molar-refractivity contribution in [2.45, 2.75) is 16.8 Å². The van der Waals surface area contributed by atoms with Crippen LogP contribution < -0.4 is 10.1 Å². The number of methoxy groups -OCH3 is 1. The number of hydrogen-bond acceptors (Lipinski definition) is 7. The molecule has 0 aliphatic carbocycles. The smallest absolute Gasteiger partial charge is 0.446 e. The van der Waals surface area contributed by atoms with E-state index in [0.717, 1.165) is 5.52 Å². The third kappa shape index (κ3) is 6.52. The highest BCUT2D eigenvalue weighted by molar-refractivity contribution is 8.00. The first-order valence-electron chi connectivity index (χ1n) is 10.4. The number of anilines is 2. The van der Waals surface area contributed by atoms with Crippen LogP contribution in [0.15, 0.2) is 65.7 Å². The van der Waals surface area contributed by atoms with E-state index in [4.69, 9.17) is 9.47 Å². The van der Waals surface area contributed by atoms with Crippen molar-refractivity contribution in [3.8, 4) is 11.5 Å². The molecule has 2 aromatic heterocycles. The van der Waals surface area contributed by atoms with Gasteiger partial charge in [-0.2, -0.15) is 13.2 Å². The summed E-state index contributed by atoms with van der Waals surface area (Å²) in [6, 6.07) is 14.8. The van der Waals surface area contributed by atoms with Gasteiger partial charge in [-0.3, -0.25) is 9.78 Å². The van der Waals surface area contributed by atoms with Crippen molar-refractivity contribution in [2.24, 2.45) is 7.05 Å². The molecule has 0 radical (unpaired) electrons. The van der Waals surface area contributed by atoms with Gasteiger partial charge >= 0.3 is 5.51 Å². The molecule has 182 valence electrons. The summed E-state index contributed by atoms with van der Waals surface area (Å²) in [6.07, 6.45) is 1.72. The number of imidazole rings is 1. The normalized spacial score (nSPS) is 11.6. The van der Waals surface area contributed by atoms with E-state index < -0.39 is 5.51 Å². The number of ketones is 1. The average molecular weight is 503 g/mol. The van der Waals surface area contributed by atoms with Crippen LogP contribution in [0.1, 0.15) is 5.69 Å². The summed E-state index contributed by atoms with van der Waals surface area (Å²) in [5.74, 6) is 1.53. The lowest BCUT2D eigenvalue weighted by Gasteiger charge is -2.08. The molecule has 0 aliphatic rings. The molecule has 2 aromatic carbocycles. The number of nitrogens with one attached hydrogen (secondary N) is 1. The lowest BCUT2D eigenvalue weighted by molar-refractivity contribution is -0.122. The fourth-order valence-electron chi connectivity index (χ4n) is 3.39. The minimum Gasteiger partial charge on any atom is -0.457 e. The quantitative estimate of drug-likeness (QED) is 0.287. The molecule has 0 bridgehead atoms. The molecular weight excluding hydrogens is 481 g/mol. The Morgan fingerprint density at radius 3 is 2.54 bits per heavy atom. The van der Waals surface area contributed by atoms with Crippen LogP contribution in [0.2, 0.25) is 0 Å². The van der Waals surface area contributed by atoms with Crippen molar-refractivity contribution in [1.29, 1.82) is 0 Å². The number of aryl methyl sites for hydroxylation is 1. The zero-order chi connectivity index (χ0) is 25.0. The van der Waals surface area contributed by atoms with E-state index in [1.807, 2.05) is 17.7 Å². The van der Waals surface area contributed by atoms with E-state index in [1.54, 1.807) is 42.6 Å². The molecule has 1 N–H and O–H groups in total. The second-order valence-electron chi connectivity index (χ2n) is 7.58. The van der Waals surface area contributed by atoms with Crippen molar-refractivity contribution < 1.29 is 27.4 Å². The maximum atomic E-state index is 12.5. The number of carbonyl (C=O) groups excluding carboxylic acids is 1. The highest BCUT2D eigenvalue weighted by Gasteiger charge is 2.29. The van der Waals surface area contributed by atoms with Crippen LogP contribution in [0.5, 0.6) is 11.5 Å². The number of nitrogens with zero attached hydrogens (tertiary/aromatic N) is 3. The Morgan fingerprint density at radius 2 is 1.83 bits per heavy atom. The fourth-order valence-corrected chi connectivity index (χ4v) is 3.93. The average Bonchev–Trinajstić information content (AvgIpc) is 3.09. The van der Waals surface area contributed by atoms with Gasteiger partial charge in [0.25, 0.3) is 0 Å². The zero-order valence-electron chi connectivity index (χ0n) is 18.8. The monoisotopic (exact) mass is 502 g/mol. The molecule has 4 rings (SSSR count). The summed E-state index contributed by atoms with van der Waals surface area (Å²) in [5, 5.41) is 3.13. The number of aromatic nitrogens is 3. The summed E-state index contributed by atoms with van der Waals surface area (Å²) in [5.41, 5.74) is -1.63. The van der Waals surface area contributed by atoms with Gasteiger partial charge in [-0.05, 0) is 54.2 Å². The fraction of sp³-hybridized carbons (Fsp3) is 0.208. The first-order valence-corrected chi connectivity index (χ1v) is 11.2. The summed E-state index contributed by atoms with van der Waals surface area (Å²) in [7, 11) is 3.30. The maximum absolute atomic E-state index is 12.5. The van der Waals surface area contributed by atoms with E-state index in [0.29, 0.717) is 34.3 Å². The third-order valence-corrected chi connectivity index (χ3v) is 5.64. The van der Waals surface area contributed by atoms with Gasteiger partial charge in [0.05, 0.1) is 23.1 Å². The third-order valence-electron chi connectivity index (χ3n) is 4.90. The van der Waals surface area contributed by atoms with Crippen LogP contribution in [0.25, 0.3) is 11.0 Å². The zero-order valence-corrected chi connectivity index (χ0v) is 19.6. The van der Waals surface area contributed by atoms with Crippen LogP contribution >= 0.6 is 11.8 Å². The standard InChI is InChI=1S/C24H21F3N4O3S/c1-31-22-8-5-18(34-19-9-10-28-16(12-19)11-17(32)14-33-2)13-21(22)30-23(31)29-15-3-6-20(7-4-15)35-24(25,26)27/h3-10,12-13H,11,14H2,1-2H3,(H,29,30). The molecular formula is C24H21F3N4O3S. The molecule has 0 spiro atoms. The molecule has 0 saturated carbocycles. The van der Waals surface area contributed by atoms with Gasteiger partial charge in [-0.15, -0.1) is 0 Å². The maximum Gasteiger partial charge on any atom is 0.446 e. The Labute approximate surface area is 203 Å². The van der Waals surface area contributed by atoms with Crippen molar-refractivity contribution in [2.75, 3.05) is 19.0 Å². The molecule has 11 heteroatoms. The first kappa shape index (κ1) is 24.6. The number of Topliss-reactive ketones (excluding diaryl/α,β-unsaturated/α-hetero) is 1. The lowest BCUT2D eigenvalue weighted by Crippen LogP contribution is -2.10. The van der Waals surface area contributed by atoms with Crippen molar-refractivity contribution in [1.82, 2.24) is 14.5 Å². The molecule has 4 aromatic rings. The molecule has 0 unspecified atom stereocenters. The highest BCUT2D eigenvalue weighted by atomic mass is 32.2. The predicted molar refractivity (Wildman–Crippen MR) is 127 cm³/mol. The molecule has 7 nitrogen and oxygen atoms in total. The van der Waals surface area contributed by atoms with Gasteiger partial charge in [-0.25, -0.2) is 4.98 Å². The largest absolute Gasteiger partial charge is 0.457 e. The summed E-state index contributed by atoms with van der Waals surface area (Å²) in [4.78, 5) is 20.7. The number of halogens is 3. The summed E-state index contributed by atoms with van der Waals surface area (Å²) in [6.45, 7) is 0.0240. The Hall–Kier alpha value is -3.57. The van der Waals surface area contributed by atoms with Crippen LogP contribution in [-0.4, -0.2) is 39.5 Å². The Kier molecular flexibility index (Phi) is 7.27. The topological polar surface area (TPSA) is 78.3 Å². The van der Waals surface area contributed by atoms with Crippen molar-refractivity contribution in [3.63, 3.8) is 0 Å². The van der Waals surface area contributed by atoms with Crippen LogP contribution in [0.4, 0.5) is 24.8 Å². The Bertz CT molecular complexity index is 1340. The van der Waals surface area contributed by atoms with Crippen molar-refractivity contribution >= 4 is 40.2 Å². The predicted octanol–water partition coefficient (Wildman–Crippen LogP) is 5.87. The van der Waals surface area contributed by atoms with E-state index in [-0.39, 0.29) is 35.5 Å². The second kappa shape index (κ2) is 10.4. The van der Waals surface area contributed by atoms with Gasteiger partial charge < -0.3 is 19.4 Å². The lowest BCUT2D eigenvalue weighted by atomic mass is 10.2. The number of carbonyl (C=O) groups is 1. The number of thioether (sulfide) groups is 1. The SMILES string of the molecule is COCC(=O)Cc1cc(Oc2ccc3c(c2)nc(Nc2ccc(SC(F)(F)F)cc2)n3C)ccn1. The number of ether oxygens (including phenoxy) is 2. The number of fused-ring (bicyclic) bond motifs is 1. The second-order valence-corrected chi connectivity index (χ2v) is 8.71. The van der Waals surface area contributed by atoms with E-state index in [1.165, 1.54) is 19.2 Å². The minimum atomic E-state index is -4.33. The number of alkyl halides is 3. The molecule has 35 heavy (non-hydrogen) atoms. The number of benzene rings is 2. The van der Waals surface area contributed by atoms with E-state index in [9.17, 15) is 18.0 Å². The molecule has 0 amide bonds. The van der Waals surface area contributed by atoms with Crippen molar-refractivity contribution in [3.05, 3.63) is 66.5 Å². The Morgan fingerprint density at radius 1 is 1.09 bits per heavy atom. The summed E-state index contributed by atoms with van der Waals surface area (Å²) >= 11 is -0.158. The van der Waals surface area contributed by atoms with Gasteiger partial charge in [0.15, 0.2) is 5.78 Å². The molecule has 0 atom stereocenters. The van der Waals surface area contributed by atoms with Crippen LogP contribution in [-0.2, 0) is 23.0 Å². The number of rotatable bonds is 9. The molecule has 0 fully saturated rings. The summed E-state index contributed by atoms with van der Waals surface area (Å²) < 4.78 is 50.2. The van der Waals surface area contributed by atoms with Gasteiger partial charge in [0.1, 0.15) is 18.1 Å². The Balaban J connectivity index is 1.48.